The number of nitrogens with two attached hydrogens (primary N) is 1. The van der Waals surface area contributed by atoms with Crippen LogP contribution in [0.2, 0.25) is 0 Å². The third kappa shape index (κ3) is 3.13. The molecule has 0 bridgehead atoms. The summed E-state index contributed by atoms with van der Waals surface area (Å²) in [6, 6.07) is 0. The van der Waals surface area contributed by atoms with E-state index in [0.717, 1.165) is 13.1 Å². The van der Waals surface area contributed by atoms with Gasteiger partial charge in [-0.15, -0.1) is 5.10 Å². The fraction of sp³-hybridized carbons (Fsp3) is 0.667. The Balaban J connectivity index is 2.57. The molecule has 0 spiro atoms. The molecule has 16 heavy (non-hydrogen) atoms. The fourth-order valence-electron chi connectivity index (χ4n) is 1.31. The number of nitrogens with zero attached hydrogens (tertiary/aromatic N) is 3. The van der Waals surface area contributed by atoms with Crippen LogP contribution >= 0.6 is 11.8 Å². The standard InChI is InChI=1S/C9H17N5OS/c1-4-14(5-2)7(15)6(3)16-9-11-8(10)12-13-9/h6H,4-5H2,1-3H3,(H3,10,11,12,13). The Kier molecular flexibility index (Phi) is 4.60. The topological polar surface area (TPSA) is 87.9 Å². The third-order valence-corrected chi connectivity index (χ3v) is 3.14. The molecule has 1 atom stereocenters. The molecule has 0 aliphatic rings. The smallest absolute Gasteiger partial charge is 0.235 e. The summed E-state index contributed by atoms with van der Waals surface area (Å²) in [4.78, 5) is 17.7. The molecule has 7 heteroatoms. The molecule has 1 aromatic rings. The summed E-state index contributed by atoms with van der Waals surface area (Å²) >= 11 is 1.31. The molecule has 0 aromatic carbocycles. The van der Waals surface area contributed by atoms with E-state index in [-0.39, 0.29) is 17.1 Å². The lowest BCUT2D eigenvalue weighted by Gasteiger charge is -2.21. The van der Waals surface area contributed by atoms with Crippen molar-refractivity contribution in [2.45, 2.75) is 31.2 Å². The fourth-order valence-corrected chi connectivity index (χ4v) is 2.13. The number of hydrogen-bond acceptors (Lipinski definition) is 5. The molecule has 0 aliphatic heterocycles. The molecule has 3 N–H and O–H groups in total. The van der Waals surface area contributed by atoms with Gasteiger partial charge in [0.2, 0.25) is 17.0 Å². The average Bonchev–Trinajstić information content (AvgIpc) is 2.65. The number of aromatic nitrogens is 3. The number of aromatic amines is 1. The molecule has 0 saturated heterocycles. The zero-order valence-corrected chi connectivity index (χ0v) is 10.5. The summed E-state index contributed by atoms with van der Waals surface area (Å²) in [5, 5.41) is 6.73. The van der Waals surface area contributed by atoms with Gasteiger partial charge in [0.25, 0.3) is 0 Å². The van der Waals surface area contributed by atoms with Crippen molar-refractivity contribution in [2.24, 2.45) is 0 Å². The second kappa shape index (κ2) is 5.74. The monoisotopic (exact) mass is 243 g/mol. The minimum absolute atomic E-state index is 0.0957. The zero-order valence-electron chi connectivity index (χ0n) is 9.73. The van der Waals surface area contributed by atoms with E-state index < -0.39 is 0 Å². The molecule has 1 aromatic heterocycles. The number of carbonyl (C=O) groups excluding carboxylic acids is 1. The summed E-state index contributed by atoms with van der Waals surface area (Å²) in [6.45, 7) is 7.21. The van der Waals surface area contributed by atoms with E-state index in [2.05, 4.69) is 15.2 Å². The molecule has 0 aliphatic carbocycles. The Morgan fingerprint density at radius 3 is 2.62 bits per heavy atom. The Hall–Kier alpha value is -1.24. The molecule has 6 nitrogen and oxygen atoms in total. The van der Waals surface area contributed by atoms with Gasteiger partial charge in [-0.05, 0) is 20.8 Å². The lowest BCUT2D eigenvalue weighted by Crippen LogP contribution is -2.36. The highest BCUT2D eigenvalue weighted by Gasteiger charge is 2.20. The van der Waals surface area contributed by atoms with Gasteiger partial charge in [0.05, 0.1) is 5.25 Å². The van der Waals surface area contributed by atoms with Crippen molar-refractivity contribution >= 4 is 23.6 Å². The number of nitrogens with one attached hydrogen (secondary N) is 1. The number of amides is 1. The van der Waals surface area contributed by atoms with E-state index in [1.54, 1.807) is 4.90 Å². The summed E-state index contributed by atoms with van der Waals surface area (Å²) in [5.41, 5.74) is 5.40. The van der Waals surface area contributed by atoms with Crippen molar-refractivity contribution in [3.63, 3.8) is 0 Å². The van der Waals surface area contributed by atoms with Crippen LogP contribution in [0.15, 0.2) is 5.16 Å². The molecule has 90 valence electrons. The molecular formula is C9H17N5OS. The molecule has 0 radical (unpaired) electrons. The van der Waals surface area contributed by atoms with Crippen LogP contribution in [0.4, 0.5) is 5.95 Å². The highest BCUT2D eigenvalue weighted by molar-refractivity contribution is 8.00. The lowest BCUT2D eigenvalue weighted by atomic mass is 10.4. The normalized spacial score (nSPS) is 12.4. The summed E-state index contributed by atoms with van der Waals surface area (Å²) in [6.07, 6.45) is 0. The van der Waals surface area contributed by atoms with Gasteiger partial charge < -0.3 is 10.6 Å². The highest BCUT2D eigenvalue weighted by Crippen LogP contribution is 2.20. The van der Waals surface area contributed by atoms with E-state index in [4.69, 9.17) is 5.73 Å². The largest absolute Gasteiger partial charge is 0.368 e. The maximum Gasteiger partial charge on any atom is 0.235 e. The molecule has 1 amide bonds. The van der Waals surface area contributed by atoms with Crippen LogP contribution < -0.4 is 5.73 Å². The third-order valence-electron chi connectivity index (χ3n) is 2.19. The van der Waals surface area contributed by atoms with Gasteiger partial charge in [-0.25, -0.2) is 5.10 Å². The summed E-state index contributed by atoms with van der Waals surface area (Å²) in [7, 11) is 0. The number of hydrogen-bond donors (Lipinski definition) is 2. The van der Waals surface area contributed by atoms with E-state index >= 15 is 0 Å². The SMILES string of the molecule is CCN(CC)C(=O)C(C)Sc1n[nH]c(N)n1. The molecule has 1 unspecified atom stereocenters. The Bertz CT molecular complexity index is 349. The van der Waals surface area contributed by atoms with Gasteiger partial charge in [-0.2, -0.15) is 4.98 Å². The number of rotatable bonds is 5. The molecule has 0 fully saturated rings. The van der Waals surface area contributed by atoms with Gasteiger partial charge >= 0.3 is 0 Å². The van der Waals surface area contributed by atoms with E-state index in [0.29, 0.717) is 5.16 Å². The van der Waals surface area contributed by atoms with Gasteiger partial charge in [-0.1, -0.05) is 11.8 Å². The van der Waals surface area contributed by atoms with Gasteiger partial charge in [-0.3, -0.25) is 4.79 Å². The second-order valence-corrected chi connectivity index (χ2v) is 4.58. The predicted octanol–water partition coefficient (Wildman–Crippen LogP) is 0.736. The maximum absolute atomic E-state index is 11.9. The summed E-state index contributed by atoms with van der Waals surface area (Å²) in [5.74, 6) is 0.364. The van der Waals surface area contributed by atoms with Crippen LogP contribution in [0.25, 0.3) is 0 Å². The van der Waals surface area contributed by atoms with Crippen LogP contribution in [0, 0.1) is 0 Å². The van der Waals surface area contributed by atoms with Crippen LogP contribution in [0.1, 0.15) is 20.8 Å². The molecular weight excluding hydrogens is 226 g/mol. The Labute approximate surface area is 99.0 Å². The van der Waals surface area contributed by atoms with E-state index in [9.17, 15) is 4.79 Å². The average molecular weight is 243 g/mol. The quantitative estimate of drug-likeness (QED) is 0.745. The van der Waals surface area contributed by atoms with Crippen LogP contribution in [0.3, 0.4) is 0 Å². The molecule has 1 heterocycles. The first-order valence-electron chi connectivity index (χ1n) is 5.21. The van der Waals surface area contributed by atoms with Crippen molar-refractivity contribution in [2.75, 3.05) is 18.8 Å². The van der Waals surface area contributed by atoms with Crippen LogP contribution in [-0.4, -0.2) is 44.3 Å². The van der Waals surface area contributed by atoms with Crippen molar-refractivity contribution in [3.8, 4) is 0 Å². The van der Waals surface area contributed by atoms with Crippen LogP contribution in [0.5, 0.6) is 0 Å². The number of thioether (sulfide) groups is 1. The zero-order chi connectivity index (χ0) is 12.1. The maximum atomic E-state index is 11.9. The van der Waals surface area contributed by atoms with Crippen molar-refractivity contribution in [1.82, 2.24) is 20.1 Å². The number of H-pyrrole nitrogens is 1. The number of nitrogen functional groups attached to an aromatic ring is 1. The Morgan fingerprint density at radius 1 is 1.56 bits per heavy atom. The lowest BCUT2D eigenvalue weighted by molar-refractivity contribution is -0.129. The van der Waals surface area contributed by atoms with Crippen molar-refractivity contribution in [1.29, 1.82) is 0 Å². The van der Waals surface area contributed by atoms with Crippen molar-refractivity contribution < 1.29 is 4.79 Å². The first kappa shape index (κ1) is 12.8. The highest BCUT2D eigenvalue weighted by atomic mass is 32.2. The number of anilines is 1. The molecule has 1 rings (SSSR count). The van der Waals surface area contributed by atoms with Gasteiger partial charge in [0, 0.05) is 13.1 Å². The van der Waals surface area contributed by atoms with Crippen LogP contribution in [-0.2, 0) is 4.79 Å². The predicted molar refractivity (Wildman–Crippen MR) is 64.0 cm³/mol. The van der Waals surface area contributed by atoms with Gasteiger partial charge in [0.1, 0.15) is 0 Å². The van der Waals surface area contributed by atoms with E-state index in [1.807, 2.05) is 20.8 Å². The second-order valence-electron chi connectivity index (χ2n) is 3.27. The van der Waals surface area contributed by atoms with E-state index in [1.165, 1.54) is 11.8 Å². The first-order chi connectivity index (χ1) is 7.58. The minimum atomic E-state index is -0.199. The molecule has 0 saturated carbocycles. The van der Waals surface area contributed by atoms with Crippen molar-refractivity contribution in [3.05, 3.63) is 0 Å². The number of carbonyl (C=O) groups is 1. The first-order valence-corrected chi connectivity index (χ1v) is 6.09. The van der Waals surface area contributed by atoms with Gasteiger partial charge in [0.15, 0.2) is 0 Å². The summed E-state index contributed by atoms with van der Waals surface area (Å²) < 4.78 is 0. The minimum Gasteiger partial charge on any atom is -0.368 e. The Morgan fingerprint density at radius 2 is 2.19 bits per heavy atom.